The number of hydrogen-bond acceptors (Lipinski definition) is 2. The van der Waals surface area contributed by atoms with Gasteiger partial charge in [0, 0.05) is 13.6 Å². The molecule has 0 amide bonds. The van der Waals surface area contributed by atoms with Crippen LogP contribution in [0.15, 0.2) is 23.1 Å². The van der Waals surface area contributed by atoms with Gasteiger partial charge in [-0.1, -0.05) is 23.2 Å². The number of benzene rings is 1. The smallest absolute Gasteiger partial charge is 0.207 e. The predicted molar refractivity (Wildman–Crippen MR) is 69.0 cm³/mol. The maximum atomic E-state index is 12.2. The first-order valence-corrected chi connectivity index (χ1v) is 7.52. The first-order chi connectivity index (χ1) is 7.91. The third-order valence-corrected chi connectivity index (χ3v) is 5.37. The number of halogens is 2. The van der Waals surface area contributed by atoms with Gasteiger partial charge in [-0.25, -0.2) is 12.7 Å². The van der Waals surface area contributed by atoms with Crippen LogP contribution < -0.4 is 0 Å². The second-order valence-electron chi connectivity index (χ2n) is 4.30. The van der Waals surface area contributed by atoms with Gasteiger partial charge in [-0.05, 0) is 37.0 Å². The second-order valence-corrected chi connectivity index (χ2v) is 7.16. The van der Waals surface area contributed by atoms with Gasteiger partial charge in [0.2, 0.25) is 10.0 Å². The van der Waals surface area contributed by atoms with Crippen molar-refractivity contribution in [2.45, 2.75) is 17.7 Å². The molecular formula is C11H13Cl2NO2S. The van der Waals surface area contributed by atoms with Gasteiger partial charge in [0.05, 0.1) is 14.9 Å². The third-order valence-electron chi connectivity index (χ3n) is 2.81. The Morgan fingerprint density at radius 3 is 2.47 bits per heavy atom. The van der Waals surface area contributed by atoms with Crippen LogP contribution in [-0.4, -0.2) is 26.3 Å². The van der Waals surface area contributed by atoms with E-state index in [1.54, 1.807) is 7.05 Å². The molecule has 0 bridgehead atoms. The molecule has 0 aromatic heterocycles. The molecule has 1 aromatic carbocycles. The van der Waals surface area contributed by atoms with Gasteiger partial charge in [0.15, 0.2) is 0 Å². The van der Waals surface area contributed by atoms with Gasteiger partial charge in [0.1, 0.15) is 0 Å². The normalized spacial score (nSPS) is 16.5. The first-order valence-electron chi connectivity index (χ1n) is 5.32. The molecule has 1 aliphatic rings. The van der Waals surface area contributed by atoms with Crippen molar-refractivity contribution >= 4 is 33.2 Å². The molecule has 0 atom stereocenters. The highest BCUT2D eigenvalue weighted by atomic mass is 35.5. The van der Waals surface area contributed by atoms with Crippen LogP contribution in [0.25, 0.3) is 0 Å². The molecule has 2 rings (SSSR count). The molecule has 0 unspecified atom stereocenters. The molecule has 3 nitrogen and oxygen atoms in total. The lowest BCUT2D eigenvalue weighted by Gasteiger charge is -2.17. The van der Waals surface area contributed by atoms with Crippen LogP contribution in [0.1, 0.15) is 12.8 Å². The fourth-order valence-corrected chi connectivity index (χ4v) is 3.22. The van der Waals surface area contributed by atoms with Crippen molar-refractivity contribution in [3.8, 4) is 0 Å². The van der Waals surface area contributed by atoms with E-state index < -0.39 is 10.0 Å². The fourth-order valence-electron chi connectivity index (χ4n) is 1.58. The molecule has 0 saturated heterocycles. The van der Waals surface area contributed by atoms with Crippen LogP contribution in [0.4, 0.5) is 0 Å². The Balaban J connectivity index is 2.26. The average molecular weight is 294 g/mol. The Hall–Kier alpha value is -0.290. The minimum atomic E-state index is -3.44. The monoisotopic (exact) mass is 293 g/mol. The molecule has 1 fully saturated rings. The summed E-state index contributed by atoms with van der Waals surface area (Å²) in [5.41, 5.74) is 0. The zero-order chi connectivity index (χ0) is 12.6. The highest BCUT2D eigenvalue weighted by Gasteiger charge is 2.29. The summed E-state index contributed by atoms with van der Waals surface area (Å²) in [6, 6.07) is 4.37. The van der Waals surface area contributed by atoms with Gasteiger partial charge in [0.25, 0.3) is 0 Å². The Morgan fingerprint density at radius 2 is 1.94 bits per heavy atom. The quantitative estimate of drug-likeness (QED) is 0.856. The van der Waals surface area contributed by atoms with E-state index in [1.165, 1.54) is 22.5 Å². The molecule has 0 aliphatic heterocycles. The summed E-state index contributed by atoms with van der Waals surface area (Å²) in [6.45, 7) is 0.572. The van der Waals surface area contributed by atoms with Gasteiger partial charge in [-0.15, -0.1) is 0 Å². The van der Waals surface area contributed by atoms with Crippen LogP contribution in [0.3, 0.4) is 0 Å². The highest BCUT2D eigenvalue weighted by molar-refractivity contribution is 7.89. The summed E-state index contributed by atoms with van der Waals surface area (Å²) in [7, 11) is -1.85. The standard InChI is InChI=1S/C11H13Cl2NO2S/c1-14(7-8-2-3-8)17(15,16)9-4-5-10(12)11(13)6-9/h4-6,8H,2-3,7H2,1H3. The predicted octanol–water partition coefficient (Wildman–Crippen LogP) is 3.02. The van der Waals surface area contributed by atoms with E-state index in [4.69, 9.17) is 23.2 Å². The van der Waals surface area contributed by atoms with E-state index in [1.807, 2.05) is 0 Å². The Labute approximate surface area is 111 Å². The number of sulfonamides is 1. The van der Waals surface area contributed by atoms with Gasteiger partial charge < -0.3 is 0 Å². The molecule has 1 aliphatic carbocycles. The Morgan fingerprint density at radius 1 is 1.29 bits per heavy atom. The molecule has 0 N–H and O–H groups in total. The van der Waals surface area contributed by atoms with Crippen molar-refractivity contribution in [3.05, 3.63) is 28.2 Å². The lowest BCUT2D eigenvalue weighted by molar-refractivity contribution is 0.453. The van der Waals surface area contributed by atoms with Crippen molar-refractivity contribution in [2.75, 3.05) is 13.6 Å². The summed E-state index contributed by atoms with van der Waals surface area (Å²) < 4.78 is 25.7. The molecule has 17 heavy (non-hydrogen) atoms. The summed E-state index contributed by atoms with van der Waals surface area (Å²) in [4.78, 5) is 0.190. The molecule has 6 heteroatoms. The van der Waals surface area contributed by atoms with Gasteiger partial charge in [-0.3, -0.25) is 0 Å². The van der Waals surface area contributed by atoms with Crippen molar-refractivity contribution < 1.29 is 8.42 Å². The van der Waals surface area contributed by atoms with Crippen LogP contribution >= 0.6 is 23.2 Å². The summed E-state index contributed by atoms with van der Waals surface area (Å²) in [5, 5.41) is 0.614. The van der Waals surface area contributed by atoms with E-state index in [-0.39, 0.29) is 9.92 Å². The van der Waals surface area contributed by atoms with Crippen LogP contribution in [-0.2, 0) is 10.0 Å². The lowest BCUT2D eigenvalue weighted by atomic mass is 10.4. The van der Waals surface area contributed by atoms with Crippen molar-refractivity contribution in [1.82, 2.24) is 4.31 Å². The van der Waals surface area contributed by atoms with Gasteiger partial charge >= 0.3 is 0 Å². The van der Waals surface area contributed by atoms with E-state index >= 15 is 0 Å². The van der Waals surface area contributed by atoms with Crippen molar-refractivity contribution in [2.24, 2.45) is 5.92 Å². The number of rotatable bonds is 4. The first kappa shape index (κ1) is 13.1. The van der Waals surface area contributed by atoms with E-state index in [0.29, 0.717) is 17.5 Å². The minimum Gasteiger partial charge on any atom is -0.207 e. The van der Waals surface area contributed by atoms with Crippen LogP contribution in [0.5, 0.6) is 0 Å². The SMILES string of the molecule is CN(CC1CC1)S(=O)(=O)c1ccc(Cl)c(Cl)c1. The van der Waals surface area contributed by atoms with E-state index in [9.17, 15) is 8.42 Å². The molecule has 0 heterocycles. The Bertz CT molecular complexity index is 526. The largest absolute Gasteiger partial charge is 0.242 e. The van der Waals surface area contributed by atoms with Crippen molar-refractivity contribution in [3.63, 3.8) is 0 Å². The fraction of sp³-hybridized carbons (Fsp3) is 0.455. The zero-order valence-electron chi connectivity index (χ0n) is 9.36. The van der Waals surface area contributed by atoms with E-state index in [2.05, 4.69) is 0 Å². The van der Waals surface area contributed by atoms with Crippen molar-refractivity contribution in [1.29, 1.82) is 0 Å². The molecular weight excluding hydrogens is 281 g/mol. The number of hydrogen-bond donors (Lipinski definition) is 0. The second kappa shape index (κ2) is 4.76. The molecule has 0 spiro atoms. The summed E-state index contributed by atoms with van der Waals surface area (Å²) in [6.07, 6.45) is 2.22. The highest BCUT2D eigenvalue weighted by Crippen LogP contribution is 2.32. The Kier molecular flexibility index (Phi) is 3.69. The maximum Gasteiger partial charge on any atom is 0.242 e. The summed E-state index contributed by atoms with van der Waals surface area (Å²) >= 11 is 11.6. The molecule has 1 saturated carbocycles. The van der Waals surface area contributed by atoms with E-state index in [0.717, 1.165) is 12.8 Å². The molecule has 0 radical (unpaired) electrons. The molecule has 1 aromatic rings. The number of nitrogens with zero attached hydrogens (tertiary/aromatic N) is 1. The minimum absolute atomic E-state index is 0.190. The topological polar surface area (TPSA) is 37.4 Å². The van der Waals surface area contributed by atoms with Gasteiger partial charge in [-0.2, -0.15) is 0 Å². The lowest BCUT2D eigenvalue weighted by Crippen LogP contribution is -2.28. The molecule has 94 valence electrons. The zero-order valence-corrected chi connectivity index (χ0v) is 11.7. The maximum absolute atomic E-state index is 12.2. The average Bonchev–Trinajstić information content (AvgIpc) is 3.05. The summed E-state index contributed by atoms with van der Waals surface area (Å²) in [5.74, 6) is 0.512. The third kappa shape index (κ3) is 2.94. The van der Waals surface area contributed by atoms with Crippen LogP contribution in [0.2, 0.25) is 10.0 Å². The van der Waals surface area contributed by atoms with Crippen LogP contribution in [0, 0.1) is 5.92 Å².